The number of aromatic nitrogens is 3. The highest BCUT2D eigenvalue weighted by Crippen LogP contribution is 2.22. The number of nitrogens with one attached hydrogen (secondary N) is 1. The van der Waals surface area contributed by atoms with Crippen LogP contribution in [0.25, 0.3) is 11.3 Å². The van der Waals surface area contributed by atoms with Crippen LogP contribution in [0.5, 0.6) is 0 Å². The molecule has 24 heavy (non-hydrogen) atoms. The van der Waals surface area contributed by atoms with E-state index in [1.54, 1.807) is 13.1 Å². The van der Waals surface area contributed by atoms with Crippen LogP contribution in [0.1, 0.15) is 11.8 Å². The van der Waals surface area contributed by atoms with Gasteiger partial charge >= 0.3 is 0 Å². The van der Waals surface area contributed by atoms with Crippen molar-refractivity contribution in [2.45, 2.75) is 6.92 Å². The third-order valence-corrected chi connectivity index (χ3v) is 4.13. The second-order valence-electron chi connectivity index (χ2n) is 4.77. The summed E-state index contributed by atoms with van der Waals surface area (Å²) in [4.78, 5) is 15.3. The van der Waals surface area contributed by atoms with E-state index in [1.165, 1.54) is 22.8 Å². The molecule has 8 nitrogen and oxygen atoms in total. The van der Waals surface area contributed by atoms with E-state index in [9.17, 15) is 10.1 Å². The molecule has 3 rings (SSSR count). The van der Waals surface area contributed by atoms with Gasteiger partial charge in [0.15, 0.2) is 0 Å². The molecule has 0 amide bonds. The van der Waals surface area contributed by atoms with E-state index in [4.69, 9.17) is 0 Å². The highest BCUT2D eigenvalue weighted by Gasteiger charge is 2.11. The molecule has 0 aliphatic carbocycles. The molecule has 0 aliphatic rings. The van der Waals surface area contributed by atoms with Crippen molar-refractivity contribution >= 4 is 28.7 Å². The molecule has 2 heterocycles. The zero-order valence-electron chi connectivity index (χ0n) is 12.6. The van der Waals surface area contributed by atoms with Crippen molar-refractivity contribution in [2.24, 2.45) is 5.10 Å². The van der Waals surface area contributed by atoms with E-state index in [2.05, 4.69) is 25.7 Å². The van der Waals surface area contributed by atoms with Crippen molar-refractivity contribution in [1.29, 1.82) is 0 Å². The van der Waals surface area contributed by atoms with E-state index in [0.717, 1.165) is 5.56 Å². The molecular formula is C15H12N6O2S. The normalized spacial score (nSPS) is 11.3. The Labute approximate surface area is 141 Å². The topological polar surface area (TPSA) is 106 Å². The maximum atomic E-state index is 10.7. The van der Waals surface area contributed by atoms with Gasteiger partial charge in [-0.2, -0.15) is 10.2 Å². The van der Waals surface area contributed by atoms with Gasteiger partial charge in [0.25, 0.3) is 11.6 Å². The second kappa shape index (κ2) is 6.92. The number of hydrazone groups is 1. The number of rotatable bonds is 5. The summed E-state index contributed by atoms with van der Waals surface area (Å²) < 4.78 is 0. The van der Waals surface area contributed by atoms with Crippen LogP contribution >= 0.6 is 11.3 Å². The van der Waals surface area contributed by atoms with Crippen LogP contribution in [0.3, 0.4) is 0 Å². The van der Waals surface area contributed by atoms with Gasteiger partial charge in [-0.05, 0) is 6.92 Å². The highest BCUT2D eigenvalue weighted by molar-refractivity contribution is 7.12. The van der Waals surface area contributed by atoms with Crippen LogP contribution in [-0.2, 0) is 0 Å². The molecule has 0 radical (unpaired) electrons. The van der Waals surface area contributed by atoms with Crippen molar-refractivity contribution in [1.82, 2.24) is 15.2 Å². The minimum Gasteiger partial charge on any atom is -0.258 e. The fourth-order valence-electron chi connectivity index (χ4n) is 1.90. The standard InChI is InChI=1S/C15H12N6O2S/c1-10(14-7-12(9-24-14)21(22)23)18-20-15-17-13(8-16-19-15)11-5-3-2-4-6-11/h2-9H,1H3,(H,17,19,20)/b18-10+. The fraction of sp³-hybridized carbons (Fsp3) is 0.0667. The van der Waals surface area contributed by atoms with Crippen LogP contribution in [0.4, 0.5) is 11.6 Å². The summed E-state index contributed by atoms with van der Waals surface area (Å²) in [5, 5.41) is 24.1. The van der Waals surface area contributed by atoms with Crippen molar-refractivity contribution in [3.63, 3.8) is 0 Å². The minimum absolute atomic E-state index is 0.0496. The number of hydrogen-bond acceptors (Lipinski definition) is 8. The molecule has 0 spiro atoms. The number of nitrogens with zero attached hydrogens (tertiary/aromatic N) is 5. The van der Waals surface area contributed by atoms with E-state index in [0.29, 0.717) is 16.3 Å². The second-order valence-corrected chi connectivity index (χ2v) is 5.68. The van der Waals surface area contributed by atoms with Crippen molar-refractivity contribution in [2.75, 3.05) is 5.43 Å². The molecule has 0 saturated heterocycles. The predicted molar refractivity (Wildman–Crippen MR) is 92.1 cm³/mol. The lowest BCUT2D eigenvalue weighted by Crippen LogP contribution is -2.02. The first-order valence-electron chi connectivity index (χ1n) is 6.92. The number of benzene rings is 1. The van der Waals surface area contributed by atoms with Crippen LogP contribution in [0, 0.1) is 10.1 Å². The van der Waals surface area contributed by atoms with E-state index in [1.807, 2.05) is 30.3 Å². The number of hydrogen-bond donors (Lipinski definition) is 1. The Morgan fingerprint density at radius 2 is 2.12 bits per heavy atom. The monoisotopic (exact) mass is 340 g/mol. The number of nitro groups is 1. The summed E-state index contributed by atoms with van der Waals surface area (Å²) in [6.45, 7) is 1.75. The van der Waals surface area contributed by atoms with E-state index >= 15 is 0 Å². The lowest BCUT2D eigenvalue weighted by atomic mass is 10.2. The molecule has 1 N–H and O–H groups in total. The maximum Gasteiger partial charge on any atom is 0.280 e. The van der Waals surface area contributed by atoms with Crippen LogP contribution in [-0.4, -0.2) is 25.8 Å². The number of anilines is 1. The third-order valence-electron chi connectivity index (χ3n) is 3.11. The van der Waals surface area contributed by atoms with Gasteiger partial charge in [0.05, 0.1) is 32.8 Å². The summed E-state index contributed by atoms with van der Waals surface area (Å²) in [6, 6.07) is 11.1. The lowest BCUT2D eigenvalue weighted by Gasteiger charge is -2.03. The zero-order chi connectivity index (χ0) is 16.9. The summed E-state index contributed by atoms with van der Waals surface area (Å²) in [7, 11) is 0. The first kappa shape index (κ1) is 15.7. The molecule has 120 valence electrons. The average Bonchev–Trinajstić information content (AvgIpc) is 3.11. The zero-order valence-corrected chi connectivity index (χ0v) is 13.4. The molecule has 3 aromatic rings. The van der Waals surface area contributed by atoms with E-state index in [-0.39, 0.29) is 11.6 Å². The van der Waals surface area contributed by atoms with Gasteiger partial charge in [-0.15, -0.1) is 16.4 Å². The number of thiophene rings is 1. The SMILES string of the molecule is C/C(=N\Nc1nncc(-c2ccccc2)n1)c1cc([N+](=O)[O-])cs1. The fourth-order valence-corrected chi connectivity index (χ4v) is 2.71. The van der Waals surface area contributed by atoms with Crippen molar-refractivity contribution in [3.05, 3.63) is 63.0 Å². The quantitative estimate of drug-likeness (QED) is 0.434. The van der Waals surface area contributed by atoms with Crippen LogP contribution in [0.2, 0.25) is 0 Å². The van der Waals surface area contributed by atoms with Gasteiger partial charge in [-0.25, -0.2) is 10.4 Å². The Kier molecular flexibility index (Phi) is 4.52. The molecule has 0 fully saturated rings. The van der Waals surface area contributed by atoms with Gasteiger partial charge in [0.2, 0.25) is 0 Å². The minimum atomic E-state index is -0.433. The molecule has 2 aromatic heterocycles. The molecule has 0 saturated carbocycles. The largest absolute Gasteiger partial charge is 0.280 e. The van der Waals surface area contributed by atoms with Gasteiger partial charge in [0.1, 0.15) is 0 Å². The molecule has 0 aliphatic heterocycles. The molecule has 0 bridgehead atoms. The summed E-state index contributed by atoms with van der Waals surface area (Å²) in [5.41, 5.74) is 4.98. The first-order valence-corrected chi connectivity index (χ1v) is 7.80. The smallest absolute Gasteiger partial charge is 0.258 e. The first-order chi connectivity index (χ1) is 11.6. The molecule has 1 aromatic carbocycles. The summed E-state index contributed by atoms with van der Waals surface area (Å²) in [5.74, 6) is 0.252. The predicted octanol–water partition coefficient (Wildman–Crippen LogP) is 3.34. The van der Waals surface area contributed by atoms with Crippen molar-refractivity contribution in [3.8, 4) is 11.3 Å². The third kappa shape index (κ3) is 3.58. The lowest BCUT2D eigenvalue weighted by molar-refractivity contribution is -0.384. The van der Waals surface area contributed by atoms with Gasteiger partial charge in [-0.1, -0.05) is 30.3 Å². The van der Waals surface area contributed by atoms with Crippen LogP contribution < -0.4 is 5.43 Å². The maximum absolute atomic E-state index is 10.7. The molecule has 9 heteroatoms. The van der Waals surface area contributed by atoms with Gasteiger partial charge < -0.3 is 0 Å². The summed E-state index contributed by atoms with van der Waals surface area (Å²) in [6.07, 6.45) is 1.57. The average molecular weight is 340 g/mol. The summed E-state index contributed by atoms with van der Waals surface area (Å²) >= 11 is 1.25. The molecule has 0 unspecified atom stereocenters. The van der Waals surface area contributed by atoms with Crippen molar-refractivity contribution < 1.29 is 4.92 Å². The Morgan fingerprint density at radius 1 is 1.33 bits per heavy atom. The molecule has 0 atom stereocenters. The Hall–Kier alpha value is -3.20. The van der Waals surface area contributed by atoms with Gasteiger partial charge in [-0.3, -0.25) is 10.1 Å². The van der Waals surface area contributed by atoms with E-state index < -0.39 is 4.92 Å². The Morgan fingerprint density at radius 3 is 2.83 bits per heavy atom. The molecular weight excluding hydrogens is 328 g/mol. The Bertz CT molecular complexity index is 894. The van der Waals surface area contributed by atoms with Gasteiger partial charge in [0, 0.05) is 11.6 Å². The highest BCUT2D eigenvalue weighted by atomic mass is 32.1. The van der Waals surface area contributed by atoms with Crippen LogP contribution in [0.15, 0.2) is 53.1 Å². The Balaban J connectivity index is 1.77.